The third-order valence-electron chi connectivity index (χ3n) is 2.78. The zero-order valence-electron chi connectivity index (χ0n) is 12.6. The van der Waals surface area contributed by atoms with Gasteiger partial charge in [0.15, 0.2) is 0 Å². The highest BCUT2D eigenvalue weighted by Gasteiger charge is 2.16. The molecule has 0 amide bonds. The molecule has 0 fully saturated rings. The van der Waals surface area contributed by atoms with Crippen LogP contribution in [0.3, 0.4) is 0 Å². The Kier molecular flexibility index (Phi) is 5.36. The molecule has 0 bridgehead atoms. The van der Waals surface area contributed by atoms with Gasteiger partial charge in [0.2, 0.25) is 0 Å². The molecule has 0 saturated carbocycles. The molecule has 18 heavy (non-hydrogen) atoms. The SMILES string of the molecule is CCNC(COC(C)(C)C)c1cc(C)cc(C)c1. The maximum absolute atomic E-state index is 5.92. The van der Waals surface area contributed by atoms with Crippen LogP contribution in [0.2, 0.25) is 0 Å². The van der Waals surface area contributed by atoms with Gasteiger partial charge in [-0.15, -0.1) is 0 Å². The molecule has 0 aliphatic heterocycles. The van der Waals surface area contributed by atoms with E-state index in [0.717, 1.165) is 6.54 Å². The molecule has 0 aliphatic rings. The van der Waals surface area contributed by atoms with Crippen LogP contribution < -0.4 is 5.32 Å². The van der Waals surface area contributed by atoms with Gasteiger partial charge in [-0.1, -0.05) is 36.2 Å². The summed E-state index contributed by atoms with van der Waals surface area (Å²) in [4.78, 5) is 0. The Labute approximate surface area is 112 Å². The summed E-state index contributed by atoms with van der Waals surface area (Å²) in [6.07, 6.45) is 0. The van der Waals surface area contributed by atoms with E-state index in [-0.39, 0.29) is 11.6 Å². The molecule has 2 heteroatoms. The van der Waals surface area contributed by atoms with E-state index in [9.17, 15) is 0 Å². The average molecular weight is 249 g/mol. The largest absolute Gasteiger partial charge is 0.374 e. The average Bonchev–Trinajstić information content (AvgIpc) is 2.21. The molecule has 0 saturated heterocycles. The molecule has 1 atom stereocenters. The van der Waals surface area contributed by atoms with Gasteiger partial charge in [0.25, 0.3) is 0 Å². The Morgan fingerprint density at radius 3 is 2.11 bits per heavy atom. The van der Waals surface area contributed by atoms with Crippen LogP contribution in [0.1, 0.15) is 50.4 Å². The number of rotatable bonds is 5. The van der Waals surface area contributed by atoms with Gasteiger partial charge >= 0.3 is 0 Å². The van der Waals surface area contributed by atoms with Crippen LogP contribution in [0, 0.1) is 13.8 Å². The van der Waals surface area contributed by atoms with Gasteiger partial charge in [-0.25, -0.2) is 0 Å². The highest BCUT2D eigenvalue weighted by Crippen LogP contribution is 2.19. The molecule has 0 heterocycles. The third kappa shape index (κ3) is 5.19. The zero-order chi connectivity index (χ0) is 13.8. The minimum atomic E-state index is -0.0907. The van der Waals surface area contributed by atoms with Crippen LogP contribution in [0.15, 0.2) is 18.2 Å². The van der Waals surface area contributed by atoms with Gasteiger partial charge in [0, 0.05) is 0 Å². The summed E-state index contributed by atoms with van der Waals surface area (Å²) in [7, 11) is 0. The zero-order valence-corrected chi connectivity index (χ0v) is 12.6. The van der Waals surface area contributed by atoms with E-state index in [1.165, 1.54) is 16.7 Å². The second kappa shape index (κ2) is 6.35. The van der Waals surface area contributed by atoms with E-state index in [1.807, 2.05) is 0 Å². The molecule has 1 aromatic carbocycles. The first-order valence-corrected chi connectivity index (χ1v) is 6.77. The van der Waals surface area contributed by atoms with Crippen LogP contribution in [0.25, 0.3) is 0 Å². The van der Waals surface area contributed by atoms with Gasteiger partial charge in [-0.3, -0.25) is 0 Å². The molecule has 0 radical (unpaired) electrons. The monoisotopic (exact) mass is 249 g/mol. The summed E-state index contributed by atoms with van der Waals surface area (Å²) in [5, 5.41) is 3.50. The lowest BCUT2D eigenvalue weighted by Gasteiger charge is -2.25. The fourth-order valence-corrected chi connectivity index (χ4v) is 2.06. The molecule has 102 valence electrons. The van der Waals surface area contributed by atoms with Crippen molar-refractivity contribution in [1.82, 2.24) is 5.32 Å². The smallest absolute Gasteiger partial charge is 0.0668 e. The summed E-state index contributed by atoms with van der Waals surface area (Å²) >= 11 is 0. The lowest BCUT2D eigenvalue weighted by atomic mass is 10.0. The van der Waals surface area contributed by atoms with Crippen LogP contribution >= 0.6 is 0 Å². The van der Waals surface area contributed by atoms with E-state index in [1.54, 1.807) is 0 Å². The molecule has 1 rings (SSSR count). The van der Waals surface area contributed by atoms with Gasteiger partial charge < -0.3 is 10.1 Å². The lowest BCUT2D eigenvalue weighted by Crippen LogP contribution is -2.30. The van der Waals surface area contributed by atoms with Crippen molar-refractivity contribution in [3.63, 3.8) is 0 Å². The van der Waals surface area contributed by atoms with Crippen molar-refractivity contribution in [3.8, 4) is 0 Å². The summed E-state index contributed by atoms with van der Waals surface area (Å²) in [5.74, 6) is 0. The summed E-state index contributed by atoms with van der Waals surface area (Å²) in [6.45, 7) is 14.4. The number of hydrogen-bond donors (Lipinski definition) is 1. The van der Waals surface area contributed by atoms with Crippen LogP contribution in [-0.2, 0) is 4.74 Å². The molecule has 0 spiro atoms. The predicted molar refractivity (Wildman–Crippen MR) is 78.0 cm³/mol. The number of benzene rings is 1. The molecule has 0 aliphatic carbocycles. The summed E-state index contributed by atoms with van der Waals surface area (Å²) in [6, 6.07) is 6.96. The molecule has 1 unspecified atom stereocenters. The maximum Gasteiger partial charge on any atom is 0.0668 e. The Hall–Kier alpha value is -0.860. The van der Waals surface area contributed by atoms with Crippen molar-refractivity contribution in [2.75, 3.05) is 13.2 Å². The Morgan fingerprint density at radius 1 is 1.11 bits per heavy atom. The Morgan fingerprint density at radius 2 is 1.67 bits per heavy atom. The number of ether oxygens (including phenoxy) is 1. The van der Waals surface area contributed by atoms with E-state index < -0.39 is 0 Å². The topological polar surface area (TPSA) is 21.3 Å². The molecule has 1 aromatic rings. The summed E-state index contributed by atoms with van der Waals surface area (Å²) < 4.78 is 5.92. The van der Waals surface area contributed by atoms with Crippen molar-refractivity contribution in [1.29, 1.82) is 0 Å². The summed E-state index contributed by atoms with van der Waals surface area (Å²) in [5.41, 5.74) is 3.85. The van der Waals surface area contributed by atoms with E-state index in [4.69, 9.17) is 4.74 Å². The normalized spacial score (nSPS) is 13.7. The Bertz CT molecular complexity index is 359. The molecular formula is C16H27NO. The van der Waals surface area contributed by atoms with Crippen molar-refractivity contribution in [3.05, 3.63) is 34.9 Å². The minimum absolute atomic E-state index is 0.0907. The van der Waals surface area contributed by atoms with Crippen molar-refractivity contribution >= 4 is 0 Å². The van der Waals surface area contributed by atoms with Crippen molar-refractivity contribution in [2.24, 2.45) is 0 Å². The van der Waals surface area contributed by atoms with Gasteiger partial charge in [-0.2, -0.15) is 0 Å². The van der Waals surface area contributed by atoms with E-state index in [0.29, 0.717) is 6.61 Å². The van der Waals surface area contributed by atoms with E-state index in [2.05, 4.69) is 65.1 Å². The fraction of sp³-hybridized carbons (Fsp3) is 0.625. The van der Waals surface area contributed by atoms with Gasteiger partial charge in [-0.05, 0) is 46.7 Å². The second-order valence-corrected chi connectivity index (χ2v) is 5.95. The quantitative estimate of drug-likeness (QED) is 0.857. The number of nitrogens with one attached hydrogen (secondary N) is 1. The highest BCUT2D eigenvalue weighted by atomic mass is 16.5. The Balaban J connectivity index is 2.83. The number of aryl methyl sites for hydroxylation is 2. The molecule has 2 nitrogen and oxygen atoms in total. The fourth-order valence-electron chi connectivity index (χ4n) is 2.06. The molecule has 0 aromatic heterocycles. The highest BCUT2D eigenvalue weighted by molar-refractivity contribution is 5.30. The standard InChI is InChI=1S/C16H27NO/c1-7-17-15(11-18-16(4,5)6)14-9-12(2)8-13(3)10-14/h8-10,15,17H,7,11H2,1-6H3. The van der Waals surface area contributed by atoms with Crippen LogP contribution in [-0.4, -0.2) is 18.8 Å². The lowest BCUT2D eigenvalue weighted by molar-refractivity contribution is -0.0146. The molecule has 1 N–H and O–H groups in total. The number of likely N-dealkylation sites (N-methyl/N-ethyl adjacent to an activating group) is 1. The first-order valence-electron chi connectivity index (χ1n) is 6.77. The maximum atomic E-state index is 5.92. The first-order chi connectivity index (χ1) is 8.31. The third-order valence-corrected chi connectivity index (χ3v) is 2.78. The predicted octanol–water partition coefficient (Wildman–Crippen LogP) is 3.77. The first kappa shape index (κ1) is 15.2. The van der Waals surface area contributed by atoms with Crippen LogP contribution in [0.4, 0.5) is 0 Å². The van der Waals surface area contributed by atoms with Gasteiger partial charge in [0.1, 0.15) is 0 Å². The number of hydrogen-bond acceptors (Lipinski definition) is 2. The molecular weight excluding hydrogens is 222 g/mol. The van der Waals surface area contributed by atoms with Crippen molar-refractivity contribution < 1.29 is 4.74 Å². The van der Waals surface area contributed by atoms with E-state index >= 15 is 0 Å². The van der Waals surface area contributed by atoms with Crippen LogP contribution in [0.5, 0.6) is 0 Å². The minimum Gasteiger partial charge on any atom is -0.374 e. The second-order valence-electron chi connectivity index (χ2n) is 5.95. The van der Waals surface area contributed by atoms with Crippen molar-refractivity contribution in [2.45, 2.75) is 53.2 Å². The van der Waals surface area contributed by atoms with Gasteiger partial charge in [0.05, 0.1) is 18.2 Å².